The Balaban J connectivity index is 2.40. The molecule has 0 atom stereocenters. The van der Waals surface area contributed by atoms with E-state index in [2.05, 4.69) is 0 Å². The molecule has 1 N–H and O–H groups in total. The summed E-state index contributed by atoms with van der Waals surface area (Å²) >= 11 is 0. The first-order chi connectivity index (χ1) is 9.49. The van der Waals surface area contributed by atoms with Gasteiger partial charge in [0.05, 0.1) is 5.56 Å². The lowest BCUT2D eigenvalue weighted by molar-refractivity contribution is -0.135. The highest BCUT2D eigenvalue weighted by Crippen LogP contribution is 2.41. The molecule has 1 aromatic carbocycles. The van der Waals surface area contributed by atoms with Crippen LogP contribution in [-0.2, 0) is 9.84 Å². The Labute approximate surface area is 120 Å². The molecule has 8 heteroatoms. The van der Waals surface area contributed by atoms with Crippen LogP contribution < -0.4 is 4.74 Å². The minimum atomic E-state index is -3.74. The molecule has 2 rings (SSSR count). The van der Waals surface area contributed by atoms with Crippen LogP contribution in [0.3, 0.4) is 0 Å². The van der Waals surface area contributed by atoms with Crippen LogP contribution in [0.5, 0.6) is 5.75 Å². The largest absolute Gasteiger partial charge is 0.489 e. The molecule has 1 aromatic rings. The molecule has 0 aromatic heterocycles. The van der Waals surface area contributed by atoms with Gasteiger partial charge in [0.1, 0.15) is 16.7 Å². The van der Waals surface area contributed by atoms with Gasteiger partial charge in [0.2, 0.25) is 0 Å². The van der Waals surface area contributed by atoms with Crippen molar-refractivity contribution in [2.45, 2.75) is 36.7 Å². The Morgan fingerprint density at radius 2 is 1.95 bits per heavy atom. The number of benzene rings is 1. The molecule has 0 amide bonds. The topological polar surface area (TPSA) is 80.7 Å². The second-order valence-electron chi connectivity index (χ2n) is 5.20. The van der Waals surface area contributed by atoms with E-state index in [9.17, 15) is 22.0 Å². The van der Waals surface area contributed by atoms with Gasteiger partial charge in [0, 0.05) is 19.1 Å². The molecule has 5 nitrogen and oxygen atoms in total. The number of carboxylic acid groups (broad SMARTS) is 1. The van der Waals surface area contributed by atoms with E-state index in [4.69, 9.17) is 9.84 Å². The second kappa shape index (κ2) is 4.94. The zero-order chi connectivity index (χ0) is 16.0. The van der Waals surface area contributed by atoms with Crippen LogP contribution in [0, 0.1) is 6.92 Å². The number of ether oxygens (including phenoxy) is 1. The monoisotopic (exact) mass is 320 g/mol. The van der Waals surface area contributed by atoms with Gasteiger partial charge >= 0.3 is 5.97 Å². The third kappa shape index (κ3) is 3.31. The van der Waals surface area contributed by atoms with E-state index in [1.165, 1.54) is 13.0 Å². The van der Waals surface area contributed by atoms with Crippen molar-refractivity contribution in [3.63, 3.8) is 0 Å². The number of hydrogen-bond acceptors (Lipinski definition) is 4. The number of aryl methyl sites for hydroxylation is 1. The fourth-order valence-electron chi connectivity index (χ4n) is 2.14. The molecular weight excluding hydrogens is 306 g/mol. The zero-order valence-corrected chi connectivity index (χ0v) is 12.2. The molecule has 1 aliphatic rings. The molecule has 1 fully saturated rings. The second-order valence-corrected chi connectivity index (χ2v) is 7.18. The van der Waals surface area contributed by atoms with Crippen molar-refractivity contribution in [3.8, 4) is 5.75 Å². The standard InChI is InChI=1S/C13H14F2O5S/c1-7-3-10(20-8-5-13(14,15)6-8)11(21(2,18)19)4-9(7)12(16)17/h3-4,8H,5-6H2,1-2H3,(H,16,17). The summed E-state index contributed by atoms with van der Waals surface area (Å²) < 4.78 is 54.4. The lowest BCUT2D eigenvalue weighted by Crippen LogP contribution is -2.43. The highest BCUT2D eigenvalue weighted by molar-refractivity contribution is 7.90. The Morgan fingerprint density at radius 1 is 1.38 bits per heavy atom. The SMILES string of the molecule is Cc1cc(OC2CC(F)(F)C2)c(S(C)(=O)=O)cc1C(=O)O. The summed E-state index contributed by atoms with van der Waals surface area (Å²) in [5.41, 5.74) is 0.137. The van der Waals surface area contributed by atoms with Crippen molar-refractivity contribution < 1.29 is 31.8 Å². The fraction of sp³-hybridized carbons (Fsp3) is 0.462. The minimum absolute atomic E-state index is 0.0829. The maximum Gasteiger partial charge on any atom is 0.335 e. The average molecular weight is 320 g/mol. The number of halogens is 2. The molecule has 21 heavy (non-hydrogen) atoms. The molecule has 0 radical (unpaired) electrons. The van der Waals surface area contributed by atoms with E-state index in [1.807, 2.05) is 0 Å². The van der Waals surface area contributed by atoms with Crippen molar-refractivity contribution in [2.75, 3.05) is 6.26 Å². The maximum absolute atomic E-state index is 12.8. The molecule has 1 aliphatic carbocycles. The molecule has 0 unspecified atom stereocenters. The lowest BCUT2D eigenvalue weighted by Gasteiger charge is -2.35. The normalized spacial score (nSPS) is 18.1. The van der Waals surface area contributed by atoms with Gasteiger partial charge in [-0.1, -0.05) is 0 Å². The summed E-state index contributed by atoms with van der Waals surface area (Å²) in [6.45, 7) is 1.48. The molecule has 0 aliphatic heterocycles. The summed E-state index contributed by atoms with van der Waals surface area (Å²) in [5, 5.41) is 9.02. The first-order valence-corrected chi connectivity index (χ1v) is 8.01. The number of carbonyl (C=O) groups is 1. The molecule has 1 saturated carbocycles. The van der Waals surface area contributed by atoms with Crippen LogP contribution in [0.25, 0.3) is 0 Å². The van der Waals surface area contributed by atoms with Gasteiger partial charge in [-0.15, -0.1) is 0 Å². The minimum Gasteiger partial charge on any atom is -0.489 e. The van der Waals surface area contributed by atoms with Crippen molar-refractivity contribution in [2.24, 2.45) is 0 Å². The van der Waals surface area contributed by atoms with Gasteiger partial charge < -0.3 is 9.84 Å². The molecule has 0 spiro atoms. The number of alkyl halides is 2. The highest BCUT2D eigenvalue weighted by atomic mass is 32.2. The molecular formula is C13H14F2O5S. The predicted octanol–water partition coefficient (Wildman–Crippen LogP) is 2.27. The third-order valence-electron chi connectivity index (χ3n) is 3.27. The smallest absolute Gasteiger partial charge is 0.335 e. The Kier molecular flexibility index (Phi) is 3.69. The summed E-state index contributed by atoms with van der Waals surface area (Å²) in [4.78, 5) is 10.7. The Bertz CT molecular complexity index is 689. The quantitative estimate of drug-likeness (QED) is 0.920. The molecule has 0 saturated heterocycles. The van der Waals surface area contributed by atoms with Gasteiger partial charge in [-0.25, -0.2) is 22.0 Å². The fourth-order valence-corrected chi connectivity index (χ4v) is 2.95. The summed E-state index contributed by atoms with van der Waals surface area (Å²) in [5.74, 6) is -4.13. The van der Waals surface area contributed by atoms with Crippen molar-refractivity contribution in [3.05, 3.63) is 23.3 Å². The summed E-state index contributed by atoms with van der Waals surface area (Å²) in [7, 11) is -3.74. The first-order valence-electron chi connectivity index (χ1n) is 6.12. The van der Waals surface area contributed by atoms with Crippen LogP contribution in [0.15, 0.2) is 17.0 Å². The van der Waals surface area contributed by atoms with E-state index in [0.29, 0.717) is 5.56 Å². The van der Waals surface area contributed by atoms with E-state index in [1.54, 1.807) is 0 Å². The molecule has 116 valence electrons. The Hall–Kier alpha value is -1.70. The summed E-state index contributed by atoms with van der Waals surface area (Å²) in [6, 6.07) is 2.26. The predicted molar refractivity (Wildman–Crippen MR) is 69.8 cm³/mol. The van der Waals surface area contributed by atoms with Crippen molar-refractivity contribution >= 4 is 15.8 Å². The van der Waals surface area contributed by atoms with Crippen molar-refractivity contribution in [1.82, 2.24) is 0 Å². The van der Waals surface area contributed by atoms with E-state index >= 15 is 0 Å². The number of hydrogen-bond donors (Lipinski definition) is 1. The first kappa shape index (κ1) is 15.7. The van der Waals surface area contributed by atoms with Crippen LogP contribution in [0.4, 0.5) is 8.78 Å². The number of aromatic carboxylic acids is 1. The lowest BCUT2D eigenvalue weighted by atomic mass is 9.91. The van der Waals surface area contributed by atoms with Crippen molar-refractivity contribution in [1.29, 1.82) is 0 Å². The highest BCUT2D eigenvalue weighted by Gasteiger charge is 2.47. The van der Waals surface area contributed by atoms with Gasteiger partial charge in [-0.05, 0) is 24.6 Å². The van der Waals surface area contributed by atoms with Crippen LogP contribution in [0.1, 0.15) is 28.8 Å². The Morgan fingerprint density at radius 3 is 2.38 bits per heavy atom. The number of carboxylic acids is 1. The summed E-state index contributed by atoms with van der Waals surface area (Å²) in [6.07, 6.45) is -0.812. The zero-order valence-electron chi connectivity index (χ0n) is 11.4. The van der Waals surface area contributed by atoms with Crippen LogP contribution in [-0.4, -0.2) is 37.8 Å². The number of sulfone groups is 1. The van der Waals surface area contributed by atoms with Gasteiger partial charge in [-0.3, -0.25) is 0 Å². The van der Waals surface area contributed by atoms with E-state index in [0.717, 1.165) is 12.3 Å². The third-order valence-corrected chi connectivity index (χ3v) is 4.38. The van der Waals surface area contributed by atoms with Crippen LogP contribution in [0.2, 0.25) is 0 Å². The van der Waals surface area contributed by atoms with Gasteiger partial charge in [0.25, 0.3) is 5.92 Å². The average Bonchev–Trinajstić information content (AvgIpc) is 2.24. The number of rotatable bonds is 4. The molecule has 0 heterocycles. The van der Waals surface area contributed by atoms with Gasteiger partial charge in [-0.2, -0.15) is 0 Å². The van der Waals surface area contributed by atoms with E-state index in [-0.39, 0.29) is 16.2 Å². The van der Waals surface area contributed by atoms with Gasteiger partial charge in [0.15, 0.2) is 9.84 Å². The van der Waals surface area contributed by atoms with Crippen LogP contribution >= 0.6 is 0 Å². The maximum atomic E-state index is 12.8. The molecule has 0 bridgehead atoms. The van der Waals surface area contributed by atoms with E-state index < -0.39 is 40.7 Å².